The summed E-state index contributed by atoms with van der Waals surface area (Å²) in [6.07, 6.45) is 0. The second-order valence-corrected chi connectivity index (χ2v) is 7.45. The number of esters is 1. The van der Waals surface area contributed by atoms with Gasteiger partial charge in [-0.25, -0.2) is 4.79 Å². The Kier molecular flexibility index (Phi) is 7.42. The van der Waals surface area contributed by atoms with E-state index in [4.69, 9.17) is 32.2 Å². The van der Waals surface area contributed by atoms with Gasteiger partial charge in [-0.2, -0.15) is 0 Å². The number of amides is 1. The zero-order chi connectivity index (χ0) is 23.3. The molecule has 1 heterocycles. The Morgan fingerprint density at radius 3 is 2.56 bits per heavy atom. The lowest BCUT2D eigenvalue weighted by Crippen LogP contribution is -2.30. The molecule has 2 aromatic carbocycles. The molecule has 3 rings (SSSR count). The van der Waals surface area contributed by atoms with E-state index in [1.54, 1.807) is 50.2 Å². The molecule has 0 bridgehead atoms. The first kappa shape index (κ1) is 23.2. The van der Waals surface area contributed by atoms with Crippen molar-refractivity contribution >= 4 is 34.9 Å². The quantitative estimate of drug-likeness (QED) is 0.330. The summed E-state index contributed by atoms with van der Waals surface area (Å²) < 4.78 is 15.8. The standard InChI is InChI=1S/C23H24N2O6S/c1-3-29-20-10-16(31-13-21(27)30-4-2)6-8-18(20)19(26)12-25-11-15-9-14(22(24)32)5-7-17(15)23(25)28/h5-10H,3-4,11-13H2,1-2H3,(H2,24,32). The van der Waals surface area contributed by atoms with Crippen molar-refractivity contribution in [3.63, 3.8) is 0 Å². The molecule has 0 aliphatic carbocycles. The number of hydrogen-bond acceptors (Lipinski definition) is 7. The van der Waals surface area contributed by atoms with E-state index in [9.17, 15) is 14.4 Å². The molecule has 0 saturated carbocycles. The van der Waals surface area contributed by atoms with Crippen molar-refractivity contribution in [2.75, 3.05) is 26.4 Å². The highest BCUT2D eigenvalue weighted by Crippen LogP contribution is 2.28. The van der Waals surface area contributed by atoms with Crippen LogP contribution in [0.5, 0.6) is 11.5 Å². The number of benzene rings is 2. The number of hydrogen-bond donors (Lipinski definition) is 1. The van der Waals surface area contributed by atoms with Crippen LogP contribution in [-0.2, 0) is 16.1 Å². The van der Waals surface area contributed by atoms with Crippen LogP contribution in [0.15, 0.2) is 36.4 Å². The molecule has 1 aliphatic rings. The van der Waals surface area contributed by atoms with Crippen LogP contribution in [0.2, 0.25) is 0 Å². The molecular formula is C23H24N2O6S. The Morgan fingerprint density at radius 2 is 1.88 bits per heavy atom. The number of ketones is 1. The van der Waals surface area contributed by atoms with Gasteiger partial charge >= 0.3 is 5.97 Å². The number of nitrogens with two attached hydrogens (primary N) is 1. The van der Waals surface area contributed by atoms with E-state index in [-0.39, 0.29) is 36.4 Å². The molecule has 2 aromatic rings. The van der Waals surface area contributed by atoms with Gasteiger partial charge in [-0.05, 0) is 43.7 Å². The molecule has 2 N–H and O–H groups in total. The third-order valence-electron chi connectivity index (χ3n) is 4.82. The molecule has 0 radical (unpaired) electrons. The van der Waals surface area contributed by atoms with E-state index < -0.39 is 5.97 Å². The Bertz CT molecular complexity index is 1070. The summed E-state index contributed by atoms with van der Waals surface area (Å²) in [7, 11) is 0. The molecule has 0 atom stereocenters. The van der Waals surface area contributed by atoms with Crippen LogP contribution < -0.4 is 15.2 Å². The van der Waals surface area contributed by atoms with Crippen LogP contribution in [0.4, 0.5) is 0 Å². The second-order valence-electron chi connectivity index (χ2n) is 7.01. The molecule has 0 aromatic heterocycles. The zero-order valence-corrected chi connectivity index (χ0v) is 18.7. The number of Topliss-reactive ketones (excluding diaryl/α,β-unsaturated/α-hetero) is 1. The molecule has 32 heavy (non-hydrogen) atoms. The summed E-state index contributed by atoms with van der Waals surface area (Å²) in [5.41, 5.74) is 7.98. The maximum atomic E-state index is 13.0. The summed E-state index contributed by atoms with van der Waals surface area (Å²) >= 11 is 5.00. The number of carbonyl (C=O) groups is 3. The van der Waals surface area contributed by atoms with Crippen molar-refractivity contribution in [3.8, 4) is 11.5 Å². The number of rotatable bonds is 10. The van der Waals surface area contributed by atoms with Crippen LogP contribution in [0, 0.1) is 0 Å². The van der Waals surface area contributed by atoms with Crippen LogP contribution in [0.25, 0.3) is 0 Å². The number of nitrogens with zero attached hydrogens (tertiary/aromatic N) is 1. The number of thiocarbonyl (C=S) groups is 1. The highest BCUT2D eigenvalue weighted by atomic mass is 32.1. The molecule has 0 spiro atoms. The van der Waals surface area contributed by atoms with Crippen LogP contribution in [0.3, 0.4) is 0 Å². The van der Waals surface area contributed by atoms with Crippen molar-refractivity contribution in [1.29, 1.82) is 0 Å². The van der Waals surface area contributed by atoms with Gasteiger partial charge in [0.1, 0.15) is 16.5 Å². The Labute approximate surface area is 191 Å². The fourth-order valence-corrected chi connectivity index (χ4v) is 3.49. The van der Waals surface area contributed by atoms with Gasteiger partial charge in [0.05, 0.1) is 25.3 Å². The van der Waals surface area contributed by atoms with Gasteiger partial charge in [0.15, 0.2) is 12.4 Å². The van der Waals surface area contributed by atoms with Crippen molar-refractivity contribution in [3.05, 3.63) is 58.7 Å². The molecule has 1 amide bonds. The predicted octanol–water partition coefficient (Wildman–Crippen LogP) is 2.50. The van der Waals surface area contributed by atoms with Gasteiger partial charge in [-0.1, -0.05) is 18.3 Å². The van der Waals surface area contributed by atoms with Gasteiger partial charge < -0.3 is 24.8 Å². The molecule has 1 aliphatic heterocycles. The van der Waals surface area contributed by atoms with E-state index in [0.717, 1.165) is 5.56 Å². The van der Waals surface area contributed by atoms with Crippen molar-refractivity contribution in [2.24, 2.45) is 5.73 Å². The summed E-state index contributed by atoms with van der Waals surface area (Å²) in [4.78, 5) is 38.9. The van der Waals surface area contributed by atoms with Gasteiger partial charge in [0.25, 0.3) is 5.91 Å². The SMILES string of the molecule is CCOC(=O)COc1ccc(C(=O)CN2Cc3cc(C(N)=S)ccc3C2=O)c(OCC)c1. The van der Waals surface area contributed by atoms with Gasteiger partial charge in [-0.15, -0.1) is 0 Å². The van der Waals surface area contributed by atoms with Gasteiger partial charge in [0, 0.05) is 23.7 Å². The Morgan fingerprint density at radius 1 is 1.09 bits per heavy atom. The molecular weight excluding hydrogens is 432 g/mol. The fraction of sp³-hybridized carbons (Fsp3) is 0.304. The maximum absolute atomic E-state index is 13.0. The average molecular weight is 457 g/mol. The predicted molar refractivity (Wildman–Crippen MR) is 121 cm³/mol. The monoisotopic (exact) mass is 456 g/mol. The molecule has 0 unspecified atom stereocenters. The fourth-order valence-electron chi connectivity index (χ4n) is 3.36. The summed E-state index contributed by atoms with van der Waals surface area (Å²) in [6, 6.07) is 9.84. The average Bonchev–Trinajstić information content (AvgIpc) is 3.07. The van der Waals surface area contributed by atoms with Crippen molar-refractivity contribution in [2.45, 2.75) is 20.4 Å². The van der Waals surface area contributed by atoms with Crippen molar-refractivity contribution < 1.29 is 28.6 Å². The summed E-state index contributed by atoms with van der Waals surface area (Å²) in [5, 5.41) is 0. The van der Waals surface area contributed by atoms with Crippen LogP contribution in [-0.4, -0.2) is 53.9 Å². The van der Waals surface area contributed by atoms with Gasteiger partial charge in [-0.3, -0.25) is 9.59 Å². The number of ether oxygens (including phenoxy) is 3. The molecule has 8 nitrogen and oxygen atoms in total. The molecule has 0 fully saturated rings. The first-order valence-electron chi connectivity index (χ1n) is 10.1. The summed E-state index contributed by atoms with van der Waals surface area (Å²) in [5.74, 6) is -0.306. The first-order chi connectivity index (χ1) is 15.3. The number of carbonyl (C=O) groups excluding carboxylic acids is 3. The number of fused-ring (bicyclic) bond motifs is 1. The lowest BCUT2D eigenvalue weighted by Gasteiger charge is -2.17. The van der Waals surface area contributed by atoms with Crippen molar-refractivity contribution in [1.82, 2.24) is 4.90 Å². The lowest BCUT2D eigenvalue weighted by atomic mass is 10.1. The van der Waals surface area contributed by atoms with E-state index in [0.29, 0.717) is 41.3 Å². The minimum absolute atomic E-state index is 0.112. The van der Waals surface area contributed by atoms with Crippen LogP contribution >= 0.6 is 12.2 Å². The summed E-state index contributed by atoms with van der Waals surface area (Å²) in [6.45, 7) is 4.03. The normalized spacial score (nSPS) is 12.3. The lowest BCUT2D eigenvalue weighted by molar-refractivity contribution is -0.145. The third kappa shape index (κ3) is 5.23. The van der Waals surface area contributed by atoms with E-state index in [2.05, 4.69) is 0 Å². The Hall–Kier alpha value is -3.46. The van der Waals surface area contributed by atoms with E-state index in [1.807, 2.05) is 0 Å². The molecule has 9 heteroatoms. The highest BCUT2D eigenvalue weighted by Gasteiger charge is 2.30. The maximum Gasteiger partial charge on any atom is 0.344 e. The smallest absolute Gasteiger partial charge is 0.344 e. The minimum Gasteiger partial charge on any atom is -0.493 e. The Balaban J connectivity index is 1.73. The first-order valence-corrected chi connectivity index (χ1v) is 10.5. The van der Waals surface area contributed by atoms with Crippen LogP contribution in [0.1, 0.15) is 45.7 Å². The van der Waals surface area contributed by atoms with E-state index in [1.165, 1.54) is 4.90 Å². The topological polar surface area (TPSA) is 108 Å². The highest BCUT2D eigenvalue weighted by molar-refractivity contribution is 7.80. The van der Waals surface area contributed by atoms with E-state index >= 15 is 0 Å². The molecule has 0 saturated heterocycles. The zero-order valence-electron chi connectivity index (χ0n) is 17.9. The largest absolute Gasteiger partial charge is 0.493 e. The molecule has 168 valence electrons. The van der Waals surface area contributed by atoms with Gasteiger partial charge in [0.2, 0.25) is 0 Å². The third-order valence-corrected chi connectivity index (χ3v) is 5.05. The minimum atomic E-state index is -0.490. The second kappa shape index (κ2) is 10.2.